The Labute approximate surface area is 240 Å². The normalized spacial score (nSPS) is 10.9. The molecule has 10 heteroatoms. The summed E-state index contributed by atoms with van der Waals surface area (Å²) in [7, 11) is 0. The summed E-state index contributed by atoms with van der Waals surface area (Å²) in [6.07, 6.45) is 1.44. The smallest absolute Gasteiger partial charge is 0.272 e. The molecule has 0 aliphatic rings. The maximum atomic E-state index is 13.3. The number of carbonyl (C=O) groups is 3. The number of benzene rings is 4. The first-order chi connectivity index (χ1) is 19.8. The van der Waals surface area contributed by atoms with Gasteiger partial charge in [-0.15, -0.1) is 11.8 Å². The maximum absolute atomic E-state index is 13.3. The zero-order chi connectivity index (χ0) is 29.2. The van der Waals surface area contributed by atoms with Gasteiger partial charge in [-0.2, -0.15) is 0 Å². The molecule has 0 aliphatic heterocycles. The number of aryl methyl sites for hydroxylation is 1. The number of hydrogen-bond acceptors (Lipinski definition) is 6. The van der Waals surface area contributed by atoms with Crippen LogP contribution in [0.4, 0.5) is 17.1 Å². The average molecular weight is 567 g/mol. The van der Waals surface area contributed by atoms with E-state index in [9.17, 15) is 24.5 Å². The lowest BCUT2D eigenvalue weighted by atomic mass is 10.1. The number of thioether (sulfide) groups is 1. The molecule has 0 aliphatic carbocycles. The van der Waals surface area contributed by atoms with Gasteiger partial charge in [0.05, 0.1) is 10.7 Å². The molecule has 0 fully saturated rings. The second kappa shape index (κ2) is 13.7. The van der Waals surface area contributed by atoms with Crippen molar-refractivity contribution in [2.24, 2.45) is 0 Å². The van der Waals surface area contributed by atoms with Crippen molar-refractivity contribution < 1.29 is 19.3 Å². The fourth-order valence-corrected chi connectivity index (χ4v) is 4.49. The van der Waals surface area contributed by atoms with Crippen LogP contribution < -0.4 is 16.0 Å². The first-order valence-electron chi connectivity index (χ1n) is 12.5. The third kappa shape index (κ3) is 8.64. The second-order valence-electron chi connectivity index (χ2n) is 8.92. The summed E-state index contributed by atoms with van der Waals surface area (Å²) >= 11 is 1.31. The molecule has 0 atom stereocenters. The summed E-state index contributed by atoms with van der Waals surface area (Å²) in [5.74, 6) is -1.07. The predicted octanol–water partition coefficient (Wildman–Crippen LogP) is 6.04. The van der Waals surface area contributed by atoms with E-state index in [4.69, 9.17) is 0 Å². The quantitative estimate of drug-likeness (QED) is 0.0928. The molecule has 3 N–H and O–H groups in total. The summed E-state index contributed by atoms with van der Waals surface area (Å²) in [6.45, 7) is 1.95. The van der Waals surface area contributed by atoms with Crippen LogP contribution >= 0.6 is 11.8 Å². The van der Waals surface area contributed by atoms with Crippen molar-refractivity contribution >= 4 is 52.6 Å². The molecular weight excluding hydrogens is 540 g/mol. The summed E-state index contributed by atoms with van der Waals surface area (Å²) in [5, 5.41) is 19.3. The number of non-ortho nitro benzene ring substituents is 1. The van der Waals surface area contributed by atoms with Crippen LogP contribution in [-0.4, -0.2) is 28.4 Å². The minimum absolute atomic E-state index is 0.0525. The molecule has 0 unspecified atom stereocenters. The molecule has 9 nitrogen and oxygen atoms in total. The Hall–Kier alpha value is -5.22. The van der Waals surface area contributed by atoms with Gasteiger partial charge < -0.3 is 16.0 Å². The molecule has 4 rings (SSSR count). The first kappa shape index (κ1) is 28.8. The second-order valence-corrected chi connectivity index (χ2v) is 9.96. The highest BCUT2D eigenvalue weighted by Crippen LogP contribution is 2.23. The lowest BCUT2D eigenvalue weighted by Gasteiger charge is -2.12. The summed E-state index contributed by atoms with van der Waals surface area (Å²) < 4.78 is 0. The minimum atomic E-state index is -0.591. The number of carbonyl (C=O) groups excluding carboxylic acids is 3. The van der Waals surface area contributed by atoms with Crippen molar-refractivity contribution in [2.75, 3.05) is 16.4 Å². The SMILES string of the molecule is Cc1cccc(NC(=O)CSc2cccc(NC(=O)/C(=C\c3ccc([N+](=O)[O-])cc3)NC(=O)c3ccccc3)c2)c1. The van der Waals surface area contributed by atoms with Crippen LogP contribution in [0.3, 0.4) is 0 Å². The first-order valence-corrected chi connectivity index (χ1v) is 13.5. The lowest BCUT2D eigenvalue weighted by Crippen LogP contribution is -2.30. The van der Waals surface area contributed by atoms with E-state index in [1.807, 2.05) is 37.3 Å². The standard InChI is InChI=1S/C31H26N4O5S/c1-21-7-5-10-24(17-21)32-29(36)20-41-27-12-6-11-25(19-27)33-31(38)28(34-30(37)23-8-3-2-4-9-23)18-22-13-15-26(16-14-22)35(39)40/h2-19H,20H2,1H3,(H,32,36)(H,33,38)(H,34,37)/b28-18+. The molecule has 0 radical (unpaired) electrons. The van der Waals surface area contributed by atoms with E-state index in [-0.39, 0.29) is 23.0 Å². The summed E-state index contributed by atoms with van der Waals surface area (Å²) in [6, 6.07) is 28.5. The van der Waals surface area contributed by atoms with E-state index >= 15 is 0 Å². The zero-order valence-electron chi connectivity index (χ0n) is 22.0. The molecule has 206 valence electrons. The van der Waals surface area contributed by atoms with Crippen LogP contribution in [0.2, 0.25) is 0 Å². The molecule has 0 heterocycles. The molecule has 0 saturated heterocycles. The summed E-state index contributed by atoms with van der Waals surface area (Å²) in [4.78, 5) is 49.8. The number of nitrogens with zero attached hydrogens (tertiary/aromatic N) is 1. The largest absolute Gasteiger partial charge is 0.325 e. The lowest BCUT2D eigenvalue weighted by molar-refractivity contribution is -0.384. The predicted molar refractivity (Wildman–Crippen MR) is 161 cm³/mol. The number of anilines is 2. The van der Waals surface area contributed by atoms with Gasteiger partial charge in [-0.25, -0.2) is 0 Å². The van der Waals surface area contributed by atoms with Crippen LogP contribution in [-0.2, 0) is 9.59 Å². The van der Waals surface area contributed by atoms with Crippen molar-refractivity contribution in [3.8, 4) is 0 Å². The Bertz CT molecular complexity index is 1600. The fourth-order valence-electron chi connectivity index (χ4n) is 3.73. The van der Waals surface area contributed by atoms with E-state index in [1.54, 1.807) is 48.5 Å². The Morgan fingerprint density at radius 3 is 2.20 bits per heavy atom. The van der Waals surface area contributed by atoms with Gasteiger partial charge in [0.15, 0.2) is 0 Å². The van der Waals surface area contributed by atoms with Gasteiger partial charge in [0.25, 0.3) is 17.5 Å². The van der Waals surface area contributed by atoms with Gasteiger partial charge in [0, 0.05) is 34.0 Å². The van der Waals surface area contributed by atoms with Crippen LogP contribution in [0, 0.1) is 17.0 Å². The Morgan fingerprint density at radius 1 is 0.829 bits per heavy atom. The van der Waals surface area contributed by atoms with Crippen molar-refractivity contribution in [3.63, 3.8) is 0 Å². The highest BCUT2D eigenvalue weighted by molar-refractivity contribution is 8.00. The van der Waals surface area contributed by atoms with Gasteiger partial charge >= 0.3 is 0 Å². The number of rotatable bonds is 10. The fraction of sp³-hybridized carbons (Fsp3) is 0.0645. The van der Waals surface area contributed by atoms with E-state index in [1.165, 1.54) is 42.1 Å². The van der Waals surface area contributed by atoms with Gasteiger partial charge in [0.1, 0.15) is 5.70 Å². The van der Waals surface area contributed by atoms with Gasteiger partial charge in [0.2, 0.25) is 5.91 Å². The van der Waals surface area contributed by atoms with Crippen molar-refractivity contribution in [3.05, 3.63) is 136 Å². The molecule has 4 aromatic carbocycles. The molecule has 0 spiro atoms. The van der Waals surface area contributed by atoms with E-state index in [2.05, 4.69) is 16.0 Å². The molecular formula is C31H26N4O5S. The average Bonchev–Trinajstić information content (AvgIpc) is 2.96. The topological polar surface area (TPSA) is 130 Å². The third-order valence-corrected chi connectivity index (χ3v) is 6.70. The van der Waals surface area contributed by atoms with Crippen LogP contribution in [0.25, 0.3) is 6.08 Å². The molecule has 0 saturated carbocycles. The number of nitrogens with one attached hydrogen (secondary N) is 3. The Balaban J connectivity index is 1.47. The highest BCUT2D eigenvalue weighted by atomic mass is 32.2. The van der Waals surface area contributed by atoms with E-state index < -0.39 is 16.7 Å². The van der Waals surface area contributed by atoms with E-state index in [0.717, 1.165) is 16.1 Å². The van der Waals surface area contributed by atoms with Gasteiger partial charge in [-0.3, -0.25) is 24.5 Å². The Morgan fingerprint density at radius 2 is 1.51 bits per heavy atom. The van der Waals surface area contributed by atoms with Crippen molar-refractivity contribution in [2.45, 2.75) is 11.8 Å². The number of nitro groups is 1. The summed E-state index contributed by atoms with van der Waals surface area (Å²) in [5.41, 5.74) is 2.92. The molecule has 4 aromatic rings. The third-order valence-electron chi connectivity index (χ3n) is 5.71. The Kier molecular flexibility index (Phi) is 9.63. The number of nitro benzene ring substituents is 1. The molecule has 3 amide bonds. The van der Waals surface area contributed by atoms with Crippen LogP contribution in [0.5, 0.6) is 0 Å². The van der Waals surface area contributed by atoms with Crippen LogP contribution in [0.1, 0.15) is 21.5 Å². The van der Waals surface area contributed by atoms with Gasteiger partial charge in [-0.1, -0.05) is 36.4 Å². The molecule has 41 heavy (non-hydrogen) atoms. The van der Waals surface area contributed by atoms with E-state index in [0.29, 0.717) is 16.8 Å². The highest BCUT2D eigenvalue weighted by Gasteiger charge is 2.16. The van der Waals surface area contributed by atoms with Gasteiger partial charge in [-0.05, 0) is 78.7 Å². The number of hydrogen-bond donors (Lipinski definition) is 3. The maximum Gasteiger partial charge on any atom is 0.272 e. The zero-order valence-corrected chi connectivity index (χ0v) is 22.8. The van der Waals surface area contributed by atoms with Crippen LogP contribution in [0.15, 0.2) is 114 Å². The molecule has 0 bridgehead atoms. The number of amides is 3. The minimum Gasteiger partial charge on any atom is -0.325 e. The molecule has 0 aromatic heterocycles. The monoisotopic (exact) mass is 566 g/mol. The van der Waals surface area contributed by atoms with Crippen molar-refractivity contribution in [1.29, 1.82) is 0 Å². The van der Waals surface area contributed by atoms with Crippen molar-refractivity contribution in [1.82, 2.24) is 5.32 Å².